The molecule has 0 unspecified atom stereocenters. The van der Waals surface area contributed by atoms with Gasteiger partial charge in [-0.15, -0.1) is 0 Å². The number of phenols is 1. The molecule has 0 amide bonds. The van der Waals surface area contributed by atoms with Gasteiger partial charge in [-0.2, -0.15) is 5.10 Å². The molecular weight excluding hydrogens is 176 g/mol. The third-order valence-corrected chi connectivity index (χ3v) is 2.07. The van der Waals surface area contributed by atoms with E-state index in [2.05, 4.69) is 5.10 Å². The Morgan fingerprint density at radius 2 is 2.25 bits per heavy atom. The van der Waals surface area contributed by atoms with Crippen LogP contribution in [-0.2, 0) is 7.05 Å². The third kappa shape index (κ3) is 0.940. The van der Waals surface area contributed by atoms with Crippen LogP contribution in [0.5, 0.6) is 5.75 Å². The molecule has 0 spiro atoms. The van der Waals surface area contributed by atoms with Gasteiger partial charge in [-0.05, 0) is 12.1 Å². The summed E-state index contributed by atoms with van der Waals surface area (Å²) < 4.78 is 1.64. The fraction of sp³-hybridized carbons (Fsp3) is 0.125. The largest absolute Gasteiger partial charge is 0.508 e. The first-order valence-corrected chi connectivity index (χ1v) is 3.87. The van der Waals surface area contributed by atoms with Crippen LogP contribution >= 0.6 is 11.6 Å². The van der Waals surface area contributed by atoms with Crippen LogP contribution in [0, 0.1) is 0 Å². The van der Waals surface area contributed by atoms with Crippen molar-refractivity contribution in [3.8, 4) is 5.75 Å². The molecule has 4 heteroatoms. The highest BCUT2D eigenvalue weighted by molar-refractivity contribution is 6.34. The van der Waals surface area contributed by atoms with E-state index in [1.54, 1.807) is 29.9 Å². The van der Waals surface area contributed by atoms with E-state index in [1.807, 2.05) is 0 Å². The Hall–Kier alpha value is -1.22. The molecule has 1 aromatic heterocycles. The highest BCUT2D eigenvalue weighted by Crippen LogP contribution is 2.25. The van der Waals surface area contributed by atoms with Crippen LogP contribution in [0.3, 0.4) is 0 Å². The Morgan fingerprint density at radius 1 is 1.50 bits per heavy atom. The predicted molar refractivity (Wildman–Crippen MR) is 47.4 cm³/mol. The van der Waals surface area contributed by atoms with E-state index < -0.39 is 0 Å². The van der Waals surface area contributed by atoms with Gasteiger partial charge in [-0.1, -0.05) is 11.6 Å². The van der Waals surface area contributed by atoms with Gasteiger partial charge in [-0.3, -0.25) is 4.68 Å². The molecule has 2 rings (SSSR count). The van der Waals surface area contributed by atoms with Crippen LogP contribution in [0.25, 0.3) is 10.9 Å². The Balaban J connectivity index is 2.90. The second kappa shape index (κ2) is 2.38. The number of benzene rings is 1. The van der Waals surface area contributed by atoms with Crippen molar-refractivity contribution in [2.75, 3.05) is 0 Å². The molecule has 62 valence electrons. The first-order chi connectivity index (χ1) is 5.68. The number of rotatable bonds is 0. The van der Waals surface area contributed by atoms with Crippen molar-refractivity contribution >= 4 is 22.5 Å². The van der Waals surface area contributed by atoms with E-state index in [0.717, 1.165) is 10.9 Å². The van der Waals surface area contributed by atoms with E-state index in [-0.39, 0.29) is 5.75 Å². The number of aromatic hydroxyl groups is 1. The number of halogens is 1. The molecule has 0 bridgehead atoms. The van der Waals surface area contributed by atoms with Crippen molar-refractivity contribution in [1.82, 2.24) is 9.78 Å². The van der Waals surface area contributed by atoms with Crippen molar-refractivity contribution in [1.29, 1.82) is 0 Å². The Morgan fingerprint density at radius 3 is 3.00 bits per heavy atom. The van der Waals surface area contributed by atoms with Gasteiger partial charge in [0.05, 0.1) is 5.52 Å². The average Bonchev–Trinajstić information content (AvgIpc) is 2.28. The number of aryl methyl sites for hydroxylation is 1. The Kier molecular flexibility index (Phi) is 1.48. The summed E-state index contributed by atoms with van der Waals surface area (Å²) in [4.78, 5) is 0. The lowest BCUT2D eigenvalue weighted by atomic mass is 10.2. The summed E-state index contributed by atoms with van der Waals surface area (Å²) in [6.07, 6.45) is 0. The van der Waals surface area contributed by atoms with Crippen LogP contribution in [0.4, 0.5) is 0 Å². The second-order valence-electron chi connectivity index (χ2n) is 2.62. The van der Waals surface area contributed by atoms with Gasteiger partial charge in [0.2, 0.25) is 0 Å². The molecular formula is C8H7ClN2O. The fourth-order valence-electron chi connectivity index (χ4n) is 1.20. The van der Waals surface area contributed by atoms with Crippen LogP contribution in [0.1, 0.15) is 0 Å². The van der Waals surface area contributed by atoms with E-state index >= 15 is 0 Å². The standard InChI is InChI=1S/C8H7ClN2O/c1-11-7-4-5(12)2-3-6(7)8(9)10-11/h2-4,12H,1H3. The van der Waals surface area contributed by atoms with Gasteiger partial charge < -0.3 is 5.11 Å². The molecule has 0 aliphatic carbocycles. The highest BCUT2D eigenvalue weighted by Gasteiger charge is 2.05. The summed E-state index contributed by atoms with van der Waals surface area (Å²) in [7, 11) is 1.79. The molecule has 0 radical (unpaired) electrons. The first-order valence-electron chi connectivity index (χ1n) is 3.50. The summed E-state index contributed by atoms with van der Waals surface area (Å²) >= 11 is 5.82. The topological polar surface area (TPSA) is 38.0 Å². The smallest absolute Gasteiger partial charge is 0.158 e. The number of aromatic nitrogens is 2. The molecule has 2 aromatic rings. The van der Waals surface area contributed by atoms with E-state index in [0.29, 0.717) is 5.15 Å². The van der Waals surface area contributed by atoms with Gasteiger partial charge in [-0.25, -0.2) is 0 Å². The molecule has 0 saturated heterocycles. The number of nitrogens with zero attached hydrogens (tertiary/aromatic N) is 2. The fourth-order valence-corrected chi connectivity index (χ4v) is 1.47. The third-order valence-electron chi connectivity index (χ3n) is 1.79. The zero-order valence-corrected chi connectivity index (χ0v) is 7.21. The number of fused-ring (bicyclic) bond motifs is 1. The summed E-state index contributed by atoms with van der Waals surface area (Å²) in [5.74, 6) is 0.224. The Labute approximate surface area is 74.2 Å². The molecule has 0 atom stereocenters. The zero-order valence-electron chi connectivity index (χ0n) is 6.45. The summed E-state index contributed by atoms with van der Waals surface area (Å²) in [5.41, 5.74) is 0.833. The molecule has 3 nitrogen and oxygen atoms in total. The minimum Gasteiger partial charge on any atom is -0.508 e. The normalized spacial score (nSPS) is 10.8. The molecule has 1 heterocycles. The summed E-state index contributed by atoms with van der Waals surface area (Å²) in [6.45, 7) is 0. The van der Waals surface area contributed by atoms with Crippen LogP contribution < -0.4 is 0 Å². The summed E-state index contributed by atoms with van der Waals surface area (Å²) in [6, 6.07) is 4.98. The van der Waals surface area contributed by atoms with Crippen LogP contribution in [0.2, 0.25) is 5.15 Å². The number of hydrogen-bond acceptors (Lipinski definition) is 2. The SMILES string of the molecule is Cn1nc(Cl)c2ccc(O)cc21. The number of hydrogen-bond donors (Lipinski definition) is 1. The van der Waals surface area contributed by atoms with Crippen molar-refractivity contribution < 1.29 is 5.11 Å². The maximum atomic E-state index is 9.18. The molecule has 1 aromatic carbocycles. The zero-order chi connectivity index (χ0) is 8.72. The van der Waals surface area contributed by atoms with Gasteiger partial charge in [0.1, 0.15) is 5.75 Å². The molecule has 0 fully saturated rings. The Bertz CT molecular complexity index is 436. The lowest BCUT2D eigenvalue weighted by molar-refractivity contribution is 0.476. The maximum absolute atomic E-state index is 9.18. The van der Waals surface area contributed by atoms with Crippen molar-refractivity contribution in [2.45, 2.75) is 0 Å². The first kappa shape index (κ1) is 7.43. The number of phenolic OH excluding ortho intramolecular Hbond substituents is 1. The van der Waals surface area contributed by atoms with Crippen LogP contribution in [0.15, 0.2) is 18.2 Å². The maximum Gasteiger partial charge on any atom is 0.158 e. The van der Waals surface area contributed by atoms with Gasteiger partial charge in [0, 0.05) is 18.5 Å². The quantitative estimate of drug-likeness (QED) is 0.676. The predicted octanol–water partition coefficient (Wildman–Crippen LogP) is 1.93. The molecule has 0 saturated carbocycles. The molecule has 0 aliphatic rings. The highest BCUT2D eigenvalue weighted by atomic mass is 35.5. The van der Waals surface area contributed by atoms with Crippen LogP contribution in [-0.4, -0.2) is 14.9 Å². The van der Waals surface area contributed by atoms with Crippen molar-refractivity contribution in [3.05, 3.63) is 23.4 Å². The van der Waals surface area contributed by atoms with E-state index in [9.17, 15) is 5.11 Å². The van der Waals surface area contributed by atoms with Crippen molar-refractivity contribution in [3.63, 3.8) is 0 Å². The van der Waals surface area contributed by atoms with Crippen molar-refractivity contribution in [2.24, 2.45) is 7.05 Å². The lowest BCUT2D eigenvalue weighted by Gasteiger charge is -1.93. The van der Waals surface area contributed by atoms with E-state index in [4.69, 9.17) is 11.6 Å². The lowest BCUT2D eigenvalue weighted by Crippen LogP contribution is -1.88. The monoisotopic (exact) mass is 182 g/mol. The van der Waals surface area contributed by atoms with E-state index in [1.165, 1.54) is 0 Å². The minimum atomic E-state index is 0.224. The van der Waals surface area contributed by atoms with Gasteiger partial charge in [0.15, 0.2) is 5.15 Å². The molecule has 1 N–H and O–H groups in total. The minimum absolute atomic E-state index is 0.224. The average molecular weight is 183 g/mol. The van der Waals surface area contributed by atoms with Gasteiger partial charge in [0.25, 0.3) is 0 Å². The molecule has 12 heavy (non-hydrogen) atoms. The van der Waals surface area contributed by atoms with Gasteiger partial charge >= 0.3 is 0 Å². The molecule has 0 aliphatic heterocycles. The summed E-state index contributed by atoms with van der Waals surface area (Å²) in [5, 5.41) is 14.5. The second-order valence-corrected chi connectivity index (χ2v) is 2.97.